The van der Waals surface area contributed by atoms with Crippen molar-refractivity contribution >= 4 is 23.6 Å². The molecule has 0 bridgehead atoms. The Balaban J connectivity index is 2.07. The van der Waals surface area contributed by atoms with Crippen molar-refractivity contribution in [3.8, 4) is 0 Å². The van der Waals surface area contributed by atoms with Crippen LogP contribution in [-0.4, -0.2) is 18.5 Å². The number of ether oxygens (including phenoxy) is 1. The van der Waals surface area contributed by atoms with Crippen molar-refractivity contribution < 1.29 is 14.3 Å². The van der Waals surface area contributed by atoms with E-state index in [1.807, 2.05) is 43.3 Å². The van der Waals surface area contributed by atoms with Gasteiger partial charge in [-0.2, -0.15) is 0 Å². The summed E-state index contributed by atoms with van der Waals surface area (Å²) >= 11 is 0. The molecule has 150 valence electrons. The normalized spacial score (nSPS) is 15.6. The molecular formula is C25H27NO3. The minimum Gasteiger partial charge on any atom is -0.462 e. The van der Waals surface area contributed by atoms with Crippen LogP contribution in [0, 0.1) is 6.92 Å². The molecular weight excluding hydrogens is 362 g/mol. The molecule has 0 N–H and O–H groups in total. The van der Waals surface area contributed by atoms with Gasteiger partial charge in [0.2, 0.25) is 0 Å². The van der Waals surface area contributed by atoms with Crippen molar-refractivity contribution in [1.29, 1.82) is 0 Å². The number of hydrogen-bond donors (Lipinski definition) is 0. The first-order valence-corrected chi connectivity index (χ1v) is 9.94. The molecule has 1 aliphatic rings. The van der Waals surface area contributed by atoms with Gasteiger partial charge in [-0.3, -0.25) is 9.69 Å². The Hall–Kier alpha value is -3.14. The first-order chi connectivity index (χ1) is 13.8. The molecule has 3 rings (SSSR count). The van der Waals surface area contributed by atoms with E-state index in [4.69, 9.17) is 4.74 Å². The van der Waals surface area contributed by atoms with Crippen LogP contribution in [0.1, 0.15) is 50.3 Å². The highest BCUT2D eigenvalue weighted by Crippen LogP contribution is 2.35. The number of anilines is 1. The van der Waals surface area contributed by atoms with Crippen LogP contribution in [0.15, 0.2) is 65.4 Å². The number of nitrogens with zero attached hydrogens (tertiary/aromatic N) is 1. The van der Waals surface area contributed by atoms with Crippen LogP contribution in [0.2, 0.25) is 0 Å². The molecule has 29 heavy (non-hydrogen) atoms. The molecule has 0 fully saturated rings. The Morgan fingerprint density at radius 2 is 1.66 bits per heavy atom. The summed E-state index contributed by atoms with van der Waals surface area (Å²) in [5.74, 6) is -0.264. The van der Waals surface area contributed by atoms with E-state index in [0.29, 0.717) is 22.8 Å². The Kier molecular flexibility index (Phi) is 6.02. The molecule has 0 unspecified atom stereocenters. The van der Waals surface area contributed by atoms with Gasteiger partial charge >= 0.3 is 5.97 Å². The van der Waals surface area contributed by atoms with Gasteiger partial charge in [0.15, 0.2) is 0 Å². The molecule has 0 atom stereocenters. The summed E-state index contributed by atoms with van der Waals surface area (Å²) < 4.78 is 5.25. The standard InChI is InChI=1S/C25H27NO3/c1-6-29-25(28)23-18(5)26(21-13-7-17(4)8-14-21)24(27)22(23)15-19-9-11-20(12-10-19)16(2)3/h7-16H,6H2,1-5H3/b22-15+. The minimum atomic E-state index is -0.474. The lowest BCUT2D eigenvalue weighted by atomic mass is 9.99. The van der Waals surface area contributed by atoms with Crippen LogP contribution in [0.25, 0.3) is 6.08 Å². The summed E-state index contributed by atoms with van der Waals surface area (Å²) in [7, 11) is 0. The fraction of sp³-hybridized carbons (Fsp3) is 0.280. The van der Waals surface area contributed by atoms with Crippen LogP contribution in [0.3, 0.4) is 0 Å². The second-order valence-electron chi connectivity index (χ2n) is 7.54. The number of carbonyl (C=O) groups excluding carboxylic acids is 2. The van der Waals surface area contributed by atoms with Crippen molar-refractivity contribution in [1.82, 2.24) is 0 Å². The van der Waals surface area contributed by atoms with Gasteiger partial charge in [-0.15, -0.1) is 0 Å². The van der Waals surface area contributed by atoms with E-state index < -0.39 is 5.97 Å². The van der Waals surface area contributed by atoms with Crippen molar-refractivity contribution in [3.05, 3.63) is 82.1 Å². The molecule has 0 saturated carbocycles. The number of amides is 1. The molecule has 1 heterocycles. The maximum atomic E-state index is 13.3. The molecule has 4 heteroatoms. The van der Waals surface area contributed by atoms with Gasteiger partial charge < -0.3 is 4.74 Å². The van der Waals surface area contributed by atoms with E-state index in [-0.39, 0.29) is 12.5 Å². The zero-order valence-corrected chi connectivity index (χ0v) is 17.7. The van der Waals surface area contributed by atoms with E-state index in [2.05, 4.69) is 26.0 Å². The number of aryl methyl sites for hydroxylation is 1. The summed E-state index contributed by atoms with van der Waals surface area (Å²) in [6.07, 6.45) is 1.77. The average molecular weight is 389 g/mol. The van der Waals surface area contributed by atoms with E-state index in [1.54, 1.807) is 24.8 Å². The molecule has 4 nitrogen and oxygen atoms in total. The Bertz CT molecular complexity index is 980. The molecule has 0 radical (unpaired) electrons. The number of allylic oxidation sites excluding steroid dienone is 1. The number of esters is 1. The van der Waals surface area contributed by atoms with Gasteiger partial charge in [-0.1, -0.05) is 55.8 Å². The lowest BCUT2D eigenvalue weighted by Gasteiger charge is -2.18. The molecule has 2 aromatic carbocycles. The third kappa shape index (κ3) is 4.16. The monoisotopic (exact) mass is 389 g/mol. The first kappa shape index (κ1) is 20.6. The van der Waals surface area contributed by atoms with Crippen LogP contribution in [-0.2, 0) is 14.3 Å². The highest BCUT2D eigenvalue weighted by Gasteiger charge is 2.38. The predicted octanol–water partition coefficient (Wildman–Crippen LogP) is 5.39. The van der Waals surface area contributed by atoms with Gasteiger partial charge in [0.1, 0.15) is 0 Å². The highest BCUT2D eigenvalue weighted by molar-refractivity contribution is 6.23. The van der Waals surface area contributed by atoms with Crippen molar-refractivity contribution in [3.63, 3.8) is 0 Å². The Morgan fingerprint density at radius 1 is 1.03 bits per heavy atom. The fourth-order valence-corrected chi connectivity index (χ4v) is 3.43. The summed E-state index contributed by atoms with van der Waals surface area (Å²) in [6.45, 7) is 10.1. The lowest BCUT2D eigenvalue weighted by Crippen LogP contribution is -2.24. The second-order valence-corrected chi connectivity index (χ2v) is 7.54. The van der Waals surface area contributed by atoms with Gasteiger partial charge in [-0.25, -0.2) is 4.79 Å². The molecule has 1 aliphatic heterocycles. The molecule has 1 amide bonds. The smallest absolute Gasteiger partial charge is 0.340 e. The van der Waals surface area contributed by atoms with Crippen LogP contribution < -0.4 is 4.90 Å². The molecule has 0 saturated heterocycles. The maximum absolute atomic E-state index is 13.3. The van der Waals surface area contributed by atoms with Crippen LogP contribution in [0.4, 0.5) is 5.69 Å². The van der Waals surface area contributed by atoms with Crippen molar-refractivity contribution in [2.45, 2.75) is 40.5 Å². The number of rotatable bonds is 5. The van der Waals surface area contributed by atoms with Gasteiger partial charge in [0, 0.05) is 11.4 Å². The predicted molar refractivity (Wildman–Crippen MR) is 117 cm³/mol. The summed E-state index contributed by atoms with van der Waals surface area (Å²) in [5.41, 5.74) is 5.21. The zero-order chi connectivity index (χ0) is 21.1. The van der Waals surface area contributed by atoms with Gasteiger partial charge in [0.25, 0.3) is 5.91 Å². The van der Waals surface area contributed by atoms with E-state index in [1.165, 1.54) is 5.56 Å². The molecule has 0 aliphatic carbocycles. The van der Waals surface area contributed by atoms with Gasteiger partial charge in [-0.05, 0) is 56.0 Å². The number of carbonyl (C=O) groups is 2. The zero-order valence-electron chi connectivity index (χ0n) is 17.7. The highest BCUT2D eigenvalue weighted by atomic mass is 16.5. The first-order valence-electron chi connectivity index (χ1n) is 9.94. The largest absolute Gasteiger partial charge is 0.462 e. The molecule has 2 aromatic rings. The third-order valence-electron chi connectivity index (χ3n) is 5.09. The van der Waals surface area contributed by atoms with Crippen LogP contribution >= 0.6 is 0 Å². The lowest BCUT2D eigenvalue weighted by molar-refractivity contribution is -0.138. The molecule has 0 spiro atoms. The minimum absolute atomic E-state index is 0.220. The van der Waals surface area contributed by atoms with Crippen molar-refractivity contribution in [2.75, 3.05) is 11.5 Å². The maximum Gasteiger partial charge on any atom is 0.340 e. The number of benzene rings is 2. The third-order valence-corrected chi connectivity index (χ3v) is 5.09. The quantitative estimate of drug-likeness (QED) is 0.509. The summed E-state index contributed by atoms with van der Waals surface area (Å²) in [6, 6.07) is 15.7. The fourth-order valence-electron chi connectivity index (χ4n) is 3.43. The topological polar surface area (TPSA) is 46.6 Å². The van der Waals surface area contributed by atoms with Gasteiger partial charge in [0.05, 0.1) is 17.8 Å². The number of hydrogen-bond acceptors (Lipinski definition) is 3. The van der Waals surface area contributed by atoms with Crippen LogP contribution in [0.5, 0.6) is 0 Å². The summed E-state index contributed by atoms with van der Waals surface area (Å²) in [4.78, 5) is 27.6. The van der Waals surface area contributed by atoms with Crippen molar-refractivity contribution in [2.24, 2.45) is 0 Å². The summed E-state index contributed by atoms with van der Waals surface area (Å²) in [5, 5.41) is 0. The Labute approximate surface area is 172 Å². The SMILES string of the molecule is CCOC(=O)C1=C(C)N(c2ccc(C)cc2)C(=O)/C1=C/c1ccc(C(C)C)cc1. The van der Waals surface area contributed by atoms with E-state index in [0.717, 1.165) is 16.8 Å². The van der Waals surface area contributed by atoms with E-state index >= 15 is 0 Å². The molecule has 0 aromatic heterocycles. The van der Waals surface area contributed by atoms with E-state index in [9.17, 15) is 9.59 Å². The average Bonchev–Trinajstić information content (AvgIpc) is 2.93. The second kappa shape index (κ2) is 8.48. The Morgan fingerprint density at radius 3 is 2.21 bits per heavy atom.